The van der Waals surface area contributed by atoms with Crippen molar-refractivity contribution < 1.29 is 0 Å². The van der Waals surface area contributed by atoms with Crippen molar-refractivity contribution >= 4 is 15.4 Å². The van der Waals surface area contributed by atoms with E-state index in [2.05, 4.69) is 27.7 Å². The third-order valence-corrected chi connectivity index (χ3v) is 5.20. The summed E-state index contributed by atoms with van der Waals surface area (Å²) in [5.41, 5.74) is 0. The molecule has 0 fully saturated rings. The summed E-state index contributed by atoms with van der Waals surface area (Å²) in [5, 5.41) is 1.50. The zero-order chi connectivity index (χ0) is 5.91. The van der Waals surface area contributed by atoms with Gasteiger partial charge in [-0.05, 0) is 0 Å². The Kier molecular flexibility index (Phi) is 2.97. The molecule has 0 bridgehead atoms. The molecule has 0 unspecified atom stereocenters. The van der Waals surface area contributed by atoms with Gasteiger partial charge in [0.25, 0.3) is 0 Å². The molecule has 0 aromatic carbocycles. The first-order chi connectivity index (χ1) is 3.06. The Morgan fingerprint density at radius 2 is 1.71 bits per heavy atom. The maximum absolute atomic E-state index is 2.36. The molecule has 0 aliphatic rings. The van der Waals surface area contributed by atoms with Gasteiger partial charge in [-0.3, -0.25) is 0 Å². The van der Waals surface area contributed by atoms with Gasteiger partial charge in [-0.15, -0.1) is 0 Å². The second-order valence-corrected chi connectivity index (χ2v) is 10.9. The number of hydrogen-bond donors (Lipinski definition) is 0. The second kappa shape index (κ2) is 2.75. The molecule has 0 aliphatic heterocycles. The molecular formula is C6H16Ge. The van der Waals surface area contributed by atoms with E-state index in [9.17, 15) is 0 Å². The monoisotopic (exact) mass is 162 g/mol. The summed E-state index contributed by atoms with van der Waals surface area (Å²) in [5.74, 6) is 0. The van der Waals surface area contributed by atoms with Gasteiger partial charge >= 0.3 is 52.6 Å². The van der Waals surface area contributed by atoms with E-state index in [1.165, 1.54) is 5.25 Å². The van der Waals surface area contributed by atoms with Crippen LogP contribution in [0.1, 0.15) is 27.7 Å². The van der Waals surface area contributed by atoms with E-state index in [1.54, 1.807) is 0 Å². The predicted octanol–water partition coefficient (Wildman–Crippen LogP) is 1.81. The van der Waals surface area contributed by atoms with Crippen molar-refractivity contribution in [2.24, 2.45) is 0 Å². The van der Waals surface area contributed by atoms with E-state index in [1.807, 2.05) is 0 Å². The molecule has 1 heteroatoms. The van der Waals surface area contributed by atoms with Gasteiger partial charge in [-0.25, -0.2) is 0 Å². The van der Waals surface area contributed by atoms with Gasteiger partial charge in [-0.1, -0.05) is 0 Å². The summed E-state index contributed by atoms with van der Waals surface area (Å²) >= 11 is -0.118. The molecule has 0 aromatic rings. The maximum atomic E-state index is 2.36. The molecule has 0 amide bonds. The van der Waals surface area contributed by atoms with Gasteiger partial charge in [0, 0.05) is 0 Å². The van der Waals surface area contributed by atoms with Gasteiger partial charge in [0.1, 0.15) is 0 Å². The fourth-order valence-corrected chi connectivity index (χ4v) is 3.90. The first-order valence-corrected chi connectivity index (χ1v) is 6.64. The molecule has 0 atom stereocenters. The molecule has 7 heavy (non-hydrogen) atoms. The summed E-state index contributed by atoms with van der Waals surface area (Å²) in [7, 11) is 0. The number of hydrogen-bond acceptors (Lipinski definition) is 0. The van der Waals surface area contributed by atoms with Crippen molar-refractivity contribution in [1.82, 2.24) is 0 Å². The normalized spacial score (nSPS) is 13.7. The molecule has 0 radical (unpaired) electrons. The zero-order valence-corrected chi connectivity index (χ0v) is 8.88. The van der Waals surface area contributed by atoms with Crippen LogP contribution in [0.15, 0.2) is 0 Å². The van der Waals surface area contributed by atoms with Crippen molar-refractivity contribution in [3.8, 4) is 0 Å². The summed E-state index contributed by atoms with van der Waals surface area (Å²) in [4.78, 5) is 0. The van der Waals surface area contributed by atoms with E-state index in [-0.39, 0.29) is 15.4 Å². The van der Waals surface area contributed by atoms with E-state index in [0.717, 1.165) is 4.25 Å². The van der Waals surface area contributed by atoms with Crippen LogP contribution in [0.4, 0.5) is 0 Å². The van der Waals surface area contributed by atoms with Gasteiger partial charge < -0.3 is 0 Å². The van der Waals surface area contributed by atoms with Crippen LogP contribution >= 0.6 is 0 Å². The van der Waals surface area contributed by atoms with E-state index < -0.39 is 0 Å². The summed E-state index contributed by atoms with van der Waals surface area (Å²) in [6.45, 7) is 9.38. The summed E-state index contributed by atoms with van der Waals surface area (Å²) < 4.78 is 0.738. The quantitative estimate of drug-likeness (QED) is 0.514. The van der Waals surface area contributed by atoms with Crippen LogP contribution in [0.5, 0.6) is 0 Å². The average molecular weight is 161 g/mol. The van der Waals surface area contributed by atoms with Crippen LogP contribution in [0.2, 0.25) is 9.50 Å². The first-order valence-electron chi connectivity index (χ1n) is 3.06. The van der Waals surface area contributed by atoms with Crippen LogP contribution in [-0.4, -0.2) is 15.4 Å². The van der Waals surface area contributed by atoms with Crippen molar-refractivity contribution in [2.75, 3.05) is 0 Å². The van der Waals surface area contributed by atoms with Gasteiger partial charge in [0.15, 0.2) is 0 Å². The Morgan fingerprint density at radius 3 is 1.71 bits per heavy atom. The molecule has 0 spiro atoms. The molecule has 0 aliphatic carbocycles. The van der Waals surface area contributed by atoms with Crippen LogP contribution in [-0.2, 0) is 0 Å². The number of rotatable bonds is 1. The Labute approximate surface area is 53.2 Å². The van der Waals surface area contributed by atoms with Crippen molar-refractivity contribution in [3.05, 3.63) is 0 Å². The summed E-state index contributed by atoms with van der Waals surface area (Å²) in [6.07, 6.45) is 0. The third kappa shape index (κ3) is 6.54. The third-order valence-electron chi connectivity index (χ3n) is 1.000. The van der Waals surface area contributed by atoms with Gasteiger partial charge in [-0.2, -0.15) is 0 Å². The summed E-state index contributed by atoms with van der Waals surface area (Å²) in [6, 6.07) is 0. The Morgan fingerprint density at radius 1 is 1.29 bits per heavy atom. The van der Waals surface area contributed by atoms with Gasteiger partial charge in [0.2, 0.25) is 0 Å². The minimum atomic E-state index is -0.118. The SMILES string of the molecule is C[CH2][GeH2][C](C)(C)C. The Balaban J connectivity index is 3.15. The van der Waals surface area contributed by atoms with Crippen LogP contribution in [0, 0.1) is 0 Å². The first kappa shape index (κ1) is 7.54. The molecule has 0 heterocycles. The predicted molar refractivity (Wildman–Crippen MR) is 38.7 cm³/mol. The Hall–Kier alpha value is 0.543. The molecular weight excluding hydrogens is 145 g/mol. The van der Waals surface area contributed by atoms with Crippen molar-refractivity contribution in [1.29, 1.82) is 0 Å². The molecule has 0 rings (SSSR count). The fraction of sp³-hybridized carbons (Fsp3) is 1.00. The second-order valence-electron chi connectivity index (χ2n) is 3.31. The average Bonchev–Trinajstić information content (AvgIpc) is 1.30. The van der Waals surface area contributed by atoms with E-state index >= 15 is 0 Å². The standard InChI is InChI=1S/C6H16Ge/c1-5-7-6(2,3)4/h5,7H2,1-4H3. The van der Waals surface area contributed by atoms with Crippen LogP contribution in [0.3, 0.4) is 0 Å². The topological polar surface area (TPSA) is 0 Å². The van der Waals surface area contributed by atoms with E-state index in [0.29, 0.717) is 0 Å². The van der Waals surface area contributed by atoms with Crippen molar-refractivity contribution in [2.45, 2.75) is 37.2 Å². The minimum absolute atomic E-state index is 0.118. The fourth-order valence-electron chi connectivity index (χ4n) is 0.750. The molecule has 0 nitrogen and oxygen atoms in total. The molecule has 0 saturated carbocycles. The molecule has 0 aromatic heterocycles. The van der Waals surface area contributed by atoms with Crippen molar-refractivity contribution in [3.63, 3.8) is 0 Å². The molecule has 0 saturated heterocycles. The molecule has 0 N–H and O–H groups in total. The van der Waals surface area contributed by atoms with Crippen LogP contribution in [0.25, 0.3) is 0 Å². The molecule has 44 valence electrons. The van der Waals surface area contributed by atoms with Gasteiger partial charge in [0.05, 0.1) is 0 Å². The Bertz CT molecular complexity index is 42.6. The van der Waals surface area contributed by atoms with E-state index in [4.69, 9.17) is 0 Å². The van der Waals surface area contributed by atoms with Crippen LogP contribution < -0.4 is 0 Å². The zero-order valence-electron chi connectivity index (χ0n) is 5.91.